The summed E-state index contributed by atoms with van der Waals surface area (Å²) in [5, 5.41) is 0. The third-order valence-electron chi connectivity index (χ3n) is 4.07. The predicted molar refractivity (Wildman–Crippen MR) is 74.3 cm³/mol. The van der Waals surface area contributed by atoms with Crippen LogP contribution in [0.5, 0.6) is 0 Å². The average Bonchev–Trinajstić information content (AvgIpc) is 3.12. The Kier molecular flexibility index (Phi) is 4.06. The molecular weight excluding hydrogens is 230 g/mol. The summed E-state index contributed by atoms with van der Waals surface area (Å²) in [6.07, 6.45) is 6.71. The molecule has 0 radical (unpaired) electrons. The quantitative estimate of drug-likeness (QED) is 0.693. The van der Waals surface area contributed by atoms with Crippen molar-refractivity contribution in [3.05, 3.63) is 0 Å². The van der Waals surface area contributed by atoms with Crippen molar-refractivity contribution in [2.75, 3.05) is 12.3 Å². The van der Waals surface area contributed by atoms with E-state index in [0.717, 1.165) is 25.1 Å². The summed E-state index contributed by atoms with van der Waals surface area (Å²) in [4.78, 5) is 14.5. The largest absolute Gasteiger partial charge is 0.340 e. The van der Waals surface area contributed by atoms with Crippen LogP contribution >= 0.6 is 12.6 Å². The van der Waals surface area contributed by atoms with Crippen molar-refractivity contribution in [2.24, 2.45) is 11.3 Å². The molecule has 2 saturated carbocycles. The molecule has 2 fully saturated rings. The molecule has 2 aliphatic carbocycles. The van der Waals surface area contributed by atoms with Gasteiger partial charge in [-0.15, -0.1) is 0 Å². The van der Waals surface area contributed by atoms with Crippen molar-refractivity contribution in [1.82, 2.24) is 4.90 Å². The molecule has 0 spiro atoms. The highest BCUT2D eigenvalue weighted by atomic mass is 32.1. The molecular formula is C14H25NOS. The van der Waals surface area contributed by atoms with Crippen LogP contribution in [0.15, 0.2) is 0 Å². The Morgan fingerprint density at radius 3 is 2.47 bits per heavy atom. The number of rotatable bonds is 7. The normalized spacial score (nSPS) is 21.6. The molecule has 1 amide bonds. The Morgan fingerprint density at radius 1 is 1.41 bits per heavy atom. The summed E-state index contributed by atoms with van der Waals surface area (Å²) in [6, 6.07) is 0.567. The number of carbonyl (C=O) groups excluding carboxylic acids is 1. The van der Waals surface area contributed by atoms with Gasteiger partial charge in [-0.3, -0.25) is 4.79 Å². The smallest absolute Gasteiger partial charge is 0.223 e. The lowest BCUT2D eigenvalue weighted by Crippen LogP contribution is -2.36. The van der Waals surface area contributed by atoms with Crippen molar-refractivity contribution < 1.29 is 4.79 Å². The maximum Gasteiger partial charge on any atom is 0.223 e. The molecule has 0 saturated heterocycles. The van der Waals surface area contributed by atoms with Crippen LogP contribution in [0, 0.1) is 11.3 Å². The molecule has 2 nitrogen and oxygen atoms in total. The average molecular weight is 255 g/mol. The lowest BCUT2D eigenvalue weighted by Gasteiger charge is -2.25. The maximum absolute atomic E-state index is 12.3. The first kappa shape index (κ1) is 13.3. The highest BCUT2D eigenvalue weighted by Gasteiger charge is 2.45. The highest BCUT2D eigenvalue weighted by molar-refractivity contribution is 7.80. The van der Waals surface area contributed by atoms with E-state index in [2.05, 4.69) is 31.4 Å². The topological polar surface area (TPSA) is 20.3 Å². The summed E-state index contributed by atoms with van der Waals surface area (Å²) in [7, 11) is 0. The van der Waals surface area contributed by atoms with Gasteiger partial charge in [0.05, 0.1) is 0 Å². The number of amides is 1. The Balaban J connectivity index is 1.84. The molecule has 0 bridgehead atoms. The third-order valence-corrected chi connectivity index (χ3v) is 4.74. The van der Waals surface area contributed by atoms with Gasteiger partial charge in [0, 0.05) is 19.0 Å². The number of nitrogens with zero attached hydrogens (tertiary/aromatic N) is 1. The van der Waals surface area contributed by atoms with E-state index < -0.39 is 0 Å². The van der Waals surface area contributed by atoms with Gasteiger partial charge in [-0.25, -0.2) is 0 Å². The third kappa shape index (κ3) is 3.64. The zero-order valence-corrected chi connectivity index (χ0v) is 12.0. The lowest BCUT2D eigenvalue weighted by atomic mass is 10.0. The standard InChI is InChI=1S/C14H25NOS/c1-11(2)5-8-15(12-3-4-12)13(16)9-14(10-17)6-7-14/h11-12,17H,3-10H2,1-2H3. The van der Waals surface area contributed by atoms with Gasteiger partial charge < -0.3 is 4.90 Å². The van der Waals surface area contributed by atoms with Crippen LogP contribution in [0.3, 0.4) is 0 Å². The van der Waals surface area contributed by atoms with E-state index >= 15 is 0 Å². The Labute approximate surface area is 111 Å². The minimum Gasteiger partial charge on any atom is -0.340 e. The fraction of sp³-hybridized carbons (Fsp3) is 0.929. The molecule has 0 aromatic carbocycles. The second-order valence-corrected chi connectivity index (χ2v) is 6.65. The number of hydrogen-bond donors (Lipinski definition) is 1. The SMILES string of the molecule is CC(C)CCN(C(=O)CC1(CS)CC1)C1CC1. The van der Waals surface area contributed by atoms with Crippen molar-refractivity contribution >= 4 is 18.5 Å². The summed E-state index contributed by atoms with van der Waals surface area (Å²) in [5.74, 6) is 1.95. The van der Waals surface area contributed by atoms with Crippen LogP contribution in [0.1, 0.15) is 52.4 Å². The molecule has 2 rings (SSSR count). The molecule has 98 valence electrons. The van der Waals surface area contributed by atoms with Crippen molar-refractivity contribution in [1.29, 1.82) is 0 Å². The van der Waals surface area contributed by atoms with E-state index in [1.165, 1.54) is 25.7 Å². The van der Waals surface area contributed by atoms with E-state index in [9.17, 15) is 4.79 Å². The van der Waals surface area contributed by atoms with Gasteiger partial charge in [0.25, 0.3) is 0 Å². The van der Waals surface area contributed by atoms with Gasteiger partial charge in [0.1, 0.15) is 0 Å². The monoisotopic (exact) mass is 255 g/mol. The fourth-order valence-electron chi connectivity index (χ4n) is 2.28. The van der Waals surface area contributed by atoms with Crippen LogP contribution in [-0.2, 0) is 4.79 Å². The van der Waals surface area contributed by atoms with Gasteiger partial charge in [-0.1, -0.05) is 13.8 Å². The maximum atomic E-state index is 12.3. The van der Waals surface area contributed by atoms with Crippen LogP contribution in [0.4, 0.5) is 0 Å². The second-order valence-electron chi connectivity index (χ2n) is 6.34. The lowest BCUT2D eigenvalue weighted by molar-refractivity contribution is -0.133. The van der Waals surface area contributed by atoms with E-state index in [1.807, 2.05) is 0 Å². The van der Waals surface area contributed by atoms with Gasteiger partial charge in [0.15, 0.2) is 0 Å². The van der Waals surface area contributed by atoms with E-state index in [4.69, 9.17) is 0 Å². The van der Waals surface area contributed by atoms with Gasteiger partial charge in [-0.05, 0) is 49.2 Å². The Morgan fingerprint density at radius 2 is 2.06 bits per heavy atom. The molecule has 2 aliphatic rings. The van der Waals surface area contributed by atoms with E-state index in [1.54, 1.807) is 0 Å². The first-order valence-electron chi connectivity index (χ1n) is 6.97. The second kappa shape index (κ2) is 5.21. The molecule has 3 heteroatoms. The Bertz CT molecular complexity index is 282. The molecule has 0 aliphatic heterocycles. The van der Waals surface area contributed by atoms with Crippen molar-refractivity contribution in [3.63, 3.8) is 0 Å². The summed E-state index contributed by atoms with van der Waals surface area (Å²) in [6.45, 7) is 5.42. The van der Waals surface area contributed by atoms with E-state index in [-0.39, 0.29) is 5.41 Å². The highest BCUT2D eigenvalue weighted by Crippen LogP contribution is 2.50. The zero-order valence-electron chi connectivity index (χ0n) is 11.1. The van der Waals surface area contributed by atoms with Gasteiger partial charge in [-0.2, -0.15) is 12.6 Å². The molecule has 0 heterocycles. The Hall–Kier alpha value is -0.180. The molecule has 0 aromatic rings. The first-order chi connectivity index (χ1) is 8.06. The zero-order chi connectivity index (χ0) is 12.5. The summed E-state index contributed by atoms with van der Waals surface area (Å²) < 4.78 is 0. The van der Waals surface area contributed by atoms with Crippen LogP contribution in [-0.4, -0.2) is 29.1 Å². The molecule has 0 aromatic heterocycles. The minimum absolute atomic E-state index is 0.269. The van der Waals surface area contributed by atoms with Gasteiger partial charge in [0.2, 0.25) is 5.91 Å². The first-order valence-corrected chi connectivity index (χ1v) is 7.60. The van der Waals surface area contributed by atoms with Crippen LogP contribution in [0.2, 0.25) is 0 Å². The van der Waals surface area contributed by atoms with Crippen LogP contribution in [0.25, 0.3) is 0 Å². The van der Waals surface area contributed by atoms with E-state index in [0.29, 0.717) is 17.9 Å². The number of thiol groups is 1. The van der Waals surface area contributed by atoms with Crippen molar-refractivity contribution in [2.45, 2.75) is 58.4 Å². The van der Waals surface area contributed by atoms with Crippen LogP contribution < -0.4 is 0 Å². The van der Waals surface area contributed by atoms with Crippen molar-refractivity contribution in [3.8, 4) is 0 Å². The molecule has 0 atom stereocenters. The van der Waals surface area contributed by atoms with Gasteiger partial charge >= 0.3 is 0 Å². The predicted octanol–water partition coefficient (Wildman–Crippen LogP) is 3.12. The summed E-state index contributed by atoms with van der Waals surface area (Å²) >= 11 is 4.39. The molecule has 0 N–H and O–H groups in total. The molecule has 0 unspecified atom stereocenters. The fourth-order valence-corrected chi connectivity index (χ4v) is 2.71. The number of hydrogen-bond acceptors (Lipinski definition) is 2. The molecule has 17 heavy (non-hydrogen) atoms. The number of carbonyl (C=O) groups is 1. The summed E-state index contributed by atoms with van der Waals surface area (Å²) in [5.41, 5.74) is 0.269. The minimum atomic E-state index is 0.269.